The van der Waals surface area contributed by atoms with Crippen molar-refractivity contribution in [2.45, 2.75) is 63.7 Å². The van der Waals surface area contributed by atoms with Crippen LogP contribution >= 0.6 is 23.1 Å². The number of carbonyl (C=O) groups is 2. The Morgan fingerprint density at radius 3 is 3.00 bits per heavy atom. The third-order valence-electron chi connectivity index (χ3n) is 6.30. The number of nitrogens with zero attached hydrogens (tertiary/aromatic N) is 2. The van der Waals surface area contributed by atoms with E-state index in [1.807, 2.05) is 18.2 Å². The maximum atomic E-state index is 12.1. The van der Waals surface area contributed by atoms with Gasteiger partial charge in [-0.3, -0.25) is 9.59 Å². The first-order chi connectivity index (χ1) is 15.5. The highest BCUT2D eigenvalue weighted by atomic mass is 32.2. The topological polar surface area (TPSA) is 72.0 Å². The van der Waals surface area contributed by atoms with Gasteiger partial charge in [0.2, 0.25) is 0 Å². The molecular weight excluding hydrogens is 438 g/mol. The third kappa shape index (κ3) is 4.46. The minimum Gasteiger partial charge on any atom is -0.340 e. The molecule has 1 aliphatic heterocycles. The summed E-state index contributed by atoms with van der Waals surface area (Å²) in [5.41, 5.74) is 3.41. The first kappa shape index (κ1) is 21.6. The molecule has 166 valence electrons. The van der Waals surface area contributed by atoms with E-state index in [2.05, 4.69) is 29.1 Å². The van der Waals surface area contributed by atoms with Gasteiger partial charge in [0, 0.05) is 34.7 Å². The second-order valence-corrected chi connectivity index (χ2v) is 11.5. The van der Waals surface area contributed by atoms with Crippen LogP contribution in [0.1, 0.15) is 55.5 Å². The molecule has 0 bridgehead atoms. The van der Waals surface area contributed by atoms with Crippen molar-refractivity contribution in [3.8, 4) is 0 Å². The van der Waals surface area contributed by atoms with Gasteiger partial charge in [0.05, 0.1) is 5.39 Å². The third-order valence-corrected chi connectivity index (χ3v) is 8.44. The maximum absolute atomic E-state index is 12.1. The lowest BCUT2D eigenvalue weighted by atomic mass is 9.84. The summed E-state index contributed by atoms with van der Waals surface area (Å²) in [5.74, 6) is 2.25. The number of aryl methyl sites for hydroxylation is 1. The van der Waals surface area contributed by atoms with Crippen LogP contribution in [0.5, 0.6) is 0 Å². The van der Waals surface area contributed by atoms with Crippen molar-refractivity contribution in [2.24, 2.45) is 11.8 Å². The summed E-state index contributed by atoms with van der Waals surface area (Å²) in [5, 5.41) is 4.82. The smallest absolute Gasteiger partial charge is 0.198 e. The van der Waals surface area contributed by atoms with Crippen LogP contribution < -0.4 is 5.32 Å². The van der Waals surface area contributed by atoms with Gasteiger partial charge in [-0.15, -0.1) is 11.3 Å². The highest BCUT2D eigenvalue weighted by molar-refractivity contribution is 8.14. The standard InChI is InChI=1S/C25H27N3O2S2/c1-14(2)9-18(29)7-3-15-4-8-19-21(10-15)32-25-23(19)24(26-13-27-25)28-17-6-5-16-11-22(30)31-20(16)12-17/h5-6,12-15H,3-4,7-11H2,1-2H3,(H,26,27,28). The summed E-state index contributed by atoms with van der Waals surface area (Å²) >= 11 is 3.09. The highest BCUT2D eigenvalue weighted by Gasteiger charge is 2.26. The zero-order chi connectivity index (χ0) is 22.2. The molecule has 0 amide bonds. The lowest BCUT2D eigenvalue weighted by Crippen LogP contribution is -2.14. The van der Waals surface area contributed by atoms with Crippen LogP contribution in [0.2, 0.25) is 0 Å². The van der Waals surface area contributed by atoms with E-state index in [9.17, 15) is 9.59 Å². The molecule has 1 unspecified atom stereocenters. The Morgan fingerprint density at radius 2 is 2.16 bits per heavy atom. The van der Waals surface area contributed by atoms with E-state index in [0.717, 1.165) is 57.9 Å². The number of carbonyl (C=O) groups excluding carboxylic acids is 2. The number of anilines is 2. The fourth-order valence-corrected chi connectivity index (χ4v) is 7.00. The van der Waals surface area contributed by atoms with Crippen molar-refractivity contribution in [1.29, 1.82) is 0 Å². The predicted molar refractivity (Wildman–Crippen MR) is 131 cm³/mol. The minimum absolute atomic E-state index is 0.203. The molecule has 0 saturated carbocycles. The van der Waals surface area contributed by atoms with E-state index >= 15 is 0 Å². The van der Waals surface area contributed by atoms with Gasteiger partial charge in [-0.1, -0.05) is 31.7 Å². The number of nitrogens with one attached hydrogen (secondary N) is 1. The van der Waals surface area contributed by atoms with Crippen molar-refractivity contribution >= 4 is 55.7 Å². The zero-order valence-corrected chi connectivity index (χ0v) is 20.1. The molecule has 1 atom stereocenters. The highest BCUT2D eigenvalue weighted by Crippen LogP contribution is 2.42. The van der Waals surface area contributed by atoms with Crippen LogP contribution in [0.3, 0.4) is 0 Å². The van der Waals surface area contributed by atoms with Crippen LogP contribution in [0, 0.1) is 11.8 Å². The SMILES string of the molecule is CC(C)CC(=O)CCC1CCc2c(sc3ncnc(Nc4ccc5c(c4)SC(=O)C5)c23)C1. The Kier molecular flexibility index (Phi) is 6.03. The van der Waals surface area contributed by atoms with Crippen LogP contribution in [-0.2, 0) is 28.9 Å². The Hall–Kier alpha value is -2.25. The molecule has 0 fully saturated rings. The minimum atomic E-state index is 0.203. The van der Waals surface area contributed by atoms with E-state index < -0.39 is 0 Å². The number of fused-ring (bicyclic) bond motifs is 4. The van der Waals surface area contributed by atoms with Gasteiger partial charge in [0.15, 0.2) is 5.12 Å². The van der Waals surface area contributed by atoms with Crippen molar-refractivity contribution in [1.82, 2.24) is 9.97 Å². The fraction of sp³-hybridized carbons (Fsp3) is 0.440. The van der Waals surface area contributed by atoms with E-state index in [0.29, 0.717) is 36.9 Å². The van der Waals surface area contributed by atoms with Gasteiger partial charge in [-0.25, -0.2) is 9.97 Å². The number of benzene rings is 1. The number of thiophene rings is 1. The molecule has 0 spiro atoms. The molecule has 5 rings (SSSR count). The van der Waals surface area contributed by atoms with E-state index in [4.69, 9.17) is 0 Å². The molecule has 0 radical (unpaired) electrons. The fourth-order valence-electron chi connectivity index (χ4n) is 4.77. The number of ketones is 1. The van der Waals surface area contributed by atoms with Crippen molar-refractivity contribution in [2.75, 3.05) is 5.32 Å². The van der Waals surface area contributed by atoms with E-state index in [1.54, 1.807) is 17.7 Å². The molecule has 3 heterocycles. The maximum Gasteiger partial charge on any atom is 0.198 e. The molecule has 1 aliphatic carbocycles. The van der Waals surface area contributed by atoms with Gasteiger partial charge in [0.1, 0.15) is 22.8 Å². The molecule has 1 aromatic carbocycles. The average molecular weight is 466 g/mol. The Morgan fingerprint density at radius 1 is 1.28 bits per heavy atom. The van der Waals surface area contributed by atoms with Gasteiger partial charge in [-0.05, 0) is 60.8 Å². The van der Waals surface area contributed by atoms with Gasteiger partial charge < -0.3 is 5.32 Å². The normalized spacial score (nSPS) is 17.6. The monoisotopic (exact) mass is 465 g/mol. The molecule has 2 aromatic heterocycles. The number of hydrogen-bond donors (Lipinski definition) is 1. The largest absolute Gasteiger partial charge is 0.340 e. The summed E-state index contributed by atoms with van der Waals surface area (Å²) in [7, 11) is 0. The number of hydrogen-bond acceptors (Lipinski definition) is 7. The van der Waals surface area contributed by atoms with Gasteiger partial charge in [0.25, 0.3) is 0 Å². The summed E-state index contributed by atoms with van der Waals surface area (Å²) in [4.78, 5) is 36.4. The molecule has 32 heavy (non-hydrogen) atoms. The second-order valence-electron chi connectivity index (χ2n) is 9.29. The molecule has 0 saturated heterocycles. The summed E-state index contributed by atoms with van der Waals surface area (Å²) in [6, 6.07) is 6.10. The number of Topliss-reactive ketones (excluding diaryl/α,β-unsaturated/α-hetero) is 1. The predicted octanol–water partition coefficient (Wildman–Crippen LogP) is 6.11. The summed E-state index contributed by atoms with van der Waals surface area (Å²) < 4.78 is 0. The first-order valence-corrected chi connectivity index (χ1v) is 13.0. The molecule has 7 heteroatoms. The van der Waals surface area contributed by atoms with Crippen LogP contribution in [0.15, 0.2) is 29.4 Å². The van der Waals surface area contributed by atoms with E-state index in [1.165, 1.54) is 22.2 Å². The lowest BCUT2D eigenvalue weighted by molar-refractivity contribution is -0.120. The summed E-state index contributed by atoms with van der Waals surface area (Å²) in [6.07, 6.45) is 7.68. The van der Waals surface area contributed by atoms with Gasteiger partial charge >= 0.3 is 0 Å². The Bertz CT molecular complexity index is 1200. The quantitative estimate of drug-likeness (QED) is 0.454. The van der Waals surface area contributed by atoms with Crippen LogP contribution in [0.25, 0.3) is 10.2 Å². The van der Waals surface area contributed by atoms with Crippen LogP contribution in [0.4, 0.5) is 11.5 Å². The molecule has 5 nitrogen and oxygen atoms in total. The van der Waals surface area contributed by atoms with E-state index in [-0.39, 0.29) is 5.12 Å². The lowest BCUT2D eigenvalue weighted by Gasteiger charge is -2.22. The van der Waals surface area contributed by atoms with Gasteiger partial charge in [-0.2, -0.15) is 0 Å². The second kappa shape index (κ2) is 8.94. The number of aromatic nitrogens is 2. The molecule has 3 aromatic rings. The van der Waals surface area contributed by atoms with Crippen molar-refractivity contribution in [3.63, 3.8) is 0 Å². The molecule has 1 N–H and O–H groups in total. The number of thioether (sulfide) groups is 1. The molecule has 2 aliphatic rings. The van der Waals surface area contributed by atoms with Crippen molar-refractivity contribution in [3.05, 3.63) is 40.5 Å². The zero-order valence-electron chi connectivity index (χ0n) is 18.4. The Labute approximate surface area is 196 Å². The number of rotatable bonds is 7. The molecular formula is C25H27N3O2S2. The van der Waals surface area contributed by atoms with Crippen LogP contribution in [-0.4, -0.2) is 20.9 Å². The average Bonchev–Trinajstić information content (AvgIpc) is 3.30. The van der Waals surface area contributed by atoms with Crippen molar-refractivity contribution < 1.29 is 9.59 Å². The Balaban J connectivity index is 1.34. The first-order valence-electron chi connectivity index (χ1n) is 11.3. The summed E-state index contributed by atoms with van der Waals surface area (Å²) in [6.45, 7) is 4.21.